The second kappa shape index (κ2) is 10.3. The van der Waals surface area contributed by atoms with Gasteiger partial charge in [-0.3, -0.25) is 8.87 Å². The maximum absolute atomic E-state index is 13.5. The minimum atomic E-state index is -3.78. The average Bonchev–Trinajstić information content (AvgIpc) is 3.57. The Bertz CT molecular complexity index is 1380. The van der Waals surface area contributed by atoms with E-state index in [1.807, 2.05) is 18.2 Å². The van der Waals surface area contributed by atoms with Crippen LogP contribution in [0.2, 0.25) is 0 Å². The summed E-state index contributed by atoms with van der Waals surface area (Å²) in [6.07, 6.45) is 6.65. The number of ether oxygens (including phenoxy) is 1. The number of fused-ring (bicyclic) bond motifs is 1. The van der Waals surface area contributed by atoms with E-state index in [2.05, 4.69) is 30.3 Å². The molecule has 4 heterocycles. The molecule has 0 saturated carbocycles. The van der Waals surface area contributed by atoms with Crippen molar-refractivity contribution in [3.05, 3.63) is 42.7 Å². The molecule has 1 amide bonds. The van der Waals surface area contributed by atoms with Gasteiger partial charge in [0.2, 0.25) is 0 Å². The largest absolute Gasteiger partial charge is 0.381 e. The summed E-state index contributed by atoms with van der Waals surface area (Å²) in [6.45, 7) is 10.0. The number of anilines is 1. The summed E-state index contributed by atoms with van der Waals surface area (Å²) in [5.41, 5.74) is 2.21. The number of carbonyl (C=O) groups excluding carboxylic acids is 1. The third-order valence-electron chi connectivity index (χ3n) is 7.45. The van der Waals surface area contributed by atoms with E-state index in [0.29, 0.717) is 24.7 Å². The van der Waals surface area contributed by atoms with Gasteiger partial charge in [-0.05, 0) is 37.0 Å². The first-order valence-electron chi connectivity index (χ1n) is 13.2. The van der Waals surface area contributed by atoms with Crippen molar-refractivity contribution >= 4 is 33.0 Å². The van der Waals surface area contributed by atoms with E-state index < -0.39 is 10.2 Å². The number of nitrogens with zero attached hydrogens (tertiary/aromatic N) is 7. The smallest absolute Gasteiger partial charge is 0.329 e. The summed E-state index contributed by atoms with van der Waals surface area (Å²) in [7, 11) is -2.21. The molecule has 0 aliphatic carbocycles. The molecule has 2 fully saturated rings. The van der Waals surface area contributed by atoms with Crippen LogP contribution in [-0.4, -0.2) is 89.2 Å². The van der Waals surface area contributed by atoms with Crippen LogP contribution in [-0.2, 0) is 26.9 Å². The Kier molecular flexibility index (Phi) is 7.23. The molecule has 0 radical (unpaired) electrons. The zero-order valence-electron chi connectivity index (χ0n) is 22.6. The van der Waals surface area contributed by atoms with Crippen molar-refractivity contribution < 1.29 is 17.9 Å². The van der Waals surface area contributed by atoms with Crippen molar-refractivity contribution in [3.8, 4) is 0 Å². The van der Waals surface area contributed by atoms with Crippen LogP contribution < -0.4 is 4.31 Å². The number of benzene rings is 1. The van der Waals surface area contributed by atoms with Gasteiger partial charge in [0.25, 0.3) is 0 Å². The molecule has 3 aromatic rings. The second-order valence-electron chi connectivity index (χ2n) is 11.1. The summed E-state index contributed by atoms with van der Waals surface area (Å²) < 4.78 is 39.0. The van der Waals surface area contributed by atoms with Gasteiger partial charge >= 0.3 is 16.2 Å². The van der Waals surface area contributed by atoms with Crippen LogP contribution in [0.1, 0.15) is 39.4 Å². The standard InChI is InChI=1S/C26H37N7O4S/c1-26(2,3)24-28-22-17-21(5-6-23(22)33(24)18-20-7-15-37-16-8-20)29(4)38(35,36)32-13-11-30(12-14-32)25(34)31-10-9-27-19-31/h5-6,9-10,17,19-20H,7-8,11-16,18H2,1-4H3. The van der Waals surface area contributed by atoms with E-state index in [-0.39, 0.29) is 24.5 Å². The van der Waals surface area contributed by atoms with Crippen molar-refractivity contribution in [2.75, 3.05) is 50.7 Å². The number of piperazine rings is 1. The van der Waals surface area contributed by atoms with Gasteiger partial charge in [0.15, 0.2) is 0 Å². The molecule has 11 nitrogen and oxygen atoms in total. The first-order chi connectivity index (χ1) is 18.1. The van der Waals surface area contributed by atoms with Crippen molar-refractivity contribution in [2.24, 2.45) is 5.92 Å². The van der Waals surface area contributed by atoms with E-state index >= 15 is 0 Å². The van der Waals surface area contributed by atoms with Gasteiger partial charge in [0, 0.05) is 70.8 Å². The molecule has 2 aromatic heterocycles. The van der Waals surface area contributed by atoms with Gasteiger partial charge < -0.3 is 14.2 Å². The molecule has 0 spiro atoms. The highest BCUT2D eigenvalue weighted by atomic mass is 32.2. The summed E-state index contributed by atoms with van der Waals surface area (Å²) >= 11 is 0. The lowest BCUT2D eigenvalue weighted by Crippen LogP contribution is -2.54. The molecule has 1 aromatic carbocycles. The summed E-state index contributed by atoms with van der Waals surface area (Å²) in [6, 6.07) is 5.50. The van der Waals surface area contributed by atoms with Gasteiger partial charge in [-0.2, -0.15) is 12.7 Å². The Labute approximate surface area is 224 Å². The van der Waals surface area contributed by atoms with Gasteiger partial charge in [-0.25, -0.2) is 14.8 Å². The molecule has 5 rings (SSSR count). The summed E-state index contributed by atoms with van der Waals surface area (Å²) in [5.74, 6) is 1.53. The van der Waals surface area contributed by atoms with Gasteiger partial charge in [0.1, 0.15) is 12.2 Å². The molecule has 38 heavy (non-hydrogen) atoms. The second-order valence-corrected chi connectivity index (χ2v) is 13.1. The zero-order chi connectivity index (χ0) is 27.1. The van der Waals surface area contributed by atoms with Crippen molar-refractivity contribution in [2.45, 2.75) is 45.6 Å². The third-order valence-corrected chi connectivity index (χ3v) is 9.38. The molecule has 206 valence electrons. The molecule has 0 atom stereocenters. The number of hydrogen-bond acceptors (Lipinski definition) is 6. The molecule has 12 heteroatoms. The maximum atomic E-state index is 13.5. The van der Waals surface area contributed by atoms with E-state index in [0.717, 1.165) is 49.5 Å². The highest BCUT2D eigenvalue weighted by Crippen LogP contribution is 2.32. The van der Waals surface area contributed by atoms with Crippen LogP contribution >= 0.6 is 0 Å². The molecule has 2 saturated heterocycles. The van der Waals surface area contributed by atoms with Crippen LogP contribution in [0.3, 0.4) is 0 Å². The number of aromatic nitrogens is 4. The van der Waals surface area contributed by atoms with E-state index in [4.69, 9.17) is 9.72 Å². The van der Waals surface area contributed by atoms with Crippen LogP contribution in [0.15, 0.2) is 36.9 Å². The quantitative estimate of drug-likeness (QED) is 0.490. The Hall–Kier alpha value is -2.96. The third kappa shape index (κ3) is 5.16. The highest BCUT2D eigenvalue weighted by molar-refractivity contribution is 7.90. The average molecular weight is 544 g/mol. The molecule has 0 N–H and O–H groups in total. The van der Waals surface area contributed by atoms with E-state index in [9.17, 15) is 13.2 Å². The monoisotopic (exact) mass is 543 g/mol. The zero-order valence-corrected chi connectivity index (χ0v) is 23.4. The van der Waals surface area contributed by atoms with Gasteiger partial charge in [-0.15, -0.1) is 0 Å². The topological polar surface area (TPSA) is 106 Å². The van der Waals surface area contributed by atoms with E-state index in [1.165, 1.54) is 19.5 Å². The number of imidazole rings is 2. The molecular weight excluding hydrogens is 506 g/mol. The first kappa shape index (κ1) is 26.6. The van der Waals surface area contributed by atoms with Crippen molar-refractivity contribution in [3.63, 3.8) is 0 Å². The Morgan fingerprint density at radius 2 is 1.84 bits per heavy atom. The lowest BCUT2D eigenvalue weighted by molar-refractivity contribution is 0.0611. The molecule has 0 bridgehead atoms. The van der Waals surface area contributed by atoms with Gasteiger partial charge in [-0.1, -0.05) is 20.8 Å². The lowest BCUT2D eigenvalue weighted by atomic mass is 9.94. The minimum absolute atomic E-state index is 0.157. The van der Waals surface area contributed by atoms with E-state index in [1.54, 1.807) is 24.3 Å². The summed E-state index contributed by atoms with van der Waals surface area (Å²) in [4.78, 5) is 23.1. The first-order valence-corrected chi connectivity index (χ1v) is 14.5. The minimum Gasteiger partial charge on any atom is -0.381 e. The normalized spacial score (nSPS) is 18.3. The fourth-order valence-electron chi connectivity index (χ4n) is 5.21. The fourth-order valence-corrected chi connectivity index (χ4v) is 6.56. The van der Waals surface area contributed by atoms with Crippen molar-refractivity contribution in [1.82, 2.24) is 28.3 Å². The number of amides is 1. The Morgan fingerprint density at radius 3 is 2.47 bits per heavy atom. The van der Waals surface area contributed by atoms with Gasteiger partial charge in [0.05, 0.1) is 16.7 Å². The Balaban J connectivity index is 1.35. The predicted molar refractivity (Wildman–Crippen MR) is 145 cm³/mol. The van der Waals surface area contributed by atoms with Crippen LogP contribution in [0.4, 0.5) is 10.5 Å². The summed E-state index contributed by atoms with van der Waals surface area (Å²) in [5, 5.41) is 0. The Morgan fingerprint density at radius 1 is 1.13 bits per heavy atom. The number of carbonyl (C=O) groups is 1. The van der Waals surface area contributed by atoms with Crippen LogP contribution in [0, 0.1) is 5.92 Å². The van der Waals surface area contributed by atoms with Crippen LogP contribution in [0.5, 0.6) is 0 Å². The number of rotatable bonds is 5. The molecule has 2 aliphatic heterocycles. The SMILES string of the molecule is CN(c1ccc2c(c1)nc(C(C)(C)C)n2CC1CCOCC1)S(=O)(=O)N1CCN(C(=O)n2ccnc2)CC1. The lowest BCUT2D eigenvalue weighted by Gasteiger charge is -2.36. The number of hydrogen-bond donors (Lipinski definition) is 0. The van der Waals surface area contributed by atoms with Crippen LogP contribution in [0.25, 0.3) is 11.0 Å². The molecule has 0 unspecified atom stereocenters. The molecule has 2 aliphatic rings. The van der Waals surface area contributed by atoms with Crippen molar-refractivity contribution in [1.29, 1.82) is 0 Å². The molecular formula is C26H37N7O4S. The fraction of sp³-hybridized carbons (Fsp3) is 0.577. The highest BCUT2D eigenvalue weighted by Gasteiger charge is 2.33. The maximum Gasteiger partial charge on any atom is 0.329 e. The predicted octanol–water partition coefficient (Wildman–Crippen LogP) is 2.92.